The molecule has 0 fully saturated rings. The Balaban J connectivity index is 0. The fourth-order valence-electron chi connectivity index (χ4n) is 0. The van der Waals surface area contributed by atoms with Crippen molar-refractivity contribution in [3.8, 4) is 0 Å². The molecule has 0 spiro atoms. The van der Waals surface area contributed by atoms with Crippen molar-refractivity contribution in [3.63, 3.8) is 0 Å². The molecule has 0 saturated heterocycles. The van der Waals surface area contributed by atoms with Crippen LogP contribution in [-0.2, 0) is 0 Å². The molecule has 0 rings (SSSR count). The van der Waals surface area contributed by atoms with E-state index in [1.54, 1.807) is 0 Å². The van der Waals surface area contributed by atoms with Crippen LogP contribution in [0.1, 0.15) is 10.3 Å². The van der Waals surface area contributed by atoms with Crippen molar-refractivity contribution in [2.75, 3.05) is 0 Å². The third kappa shape index (κ3) is 190. The summed E-state index contributed by atoms with van der Waals surface area (Å²) in [6.07, 6.45) is 0. The van der Waals surface area contributed by atoms with Crippen LogP contribution in [-0.4, -0.2) is 32.9 Å². The zero-order valence-electron chi connectivity index (χ0n) is 7.00. The Bertz CT molecular complexity index is 18.5. The van der Waals surface area contributed by atoms with Gasteiger partial charge in [-0.3, -0.25) is 0 Å². The Kier molecular flexibility index (Phi) is 8890. The van der Waals surface area contributed by atoms with Gasteiger partial charge >= 0.3 is 59.1 Å². The molecule has 6 nitrogen and oxygen atoms in total. The summed E-state index contributed by atoms with van der Waals surface area (Å²) in [4.78, 5) is 0. The molecule has 0 atom stereocenters. The van der Waals surface area contributed by atoms with Crippen LogP contribution < -0.4 is 59.1 Å². The number of hydrogen-bond acceptors (Lipinski definition) is 0. The van der Waals surface area contributed by atoms with E-state index in [2.05, 4.69) is 0 Å². The summed E-state index contributed by atoms with van der Waals surface area (Å²) in [5, 5.41) is 0. The van der Waals surface area contributed by atoms with E-state index in [4.69, 9.17) is 0 Å². The largest absolute Gasteiger partial charge is 1.00 e. The summed E-state index contributed by atoms with van der Waals surface area (Å²) < 4.78 is 0. The van der Waals surface area contributed by atoms with Crippen LogP contribution in [0.2, 0.25) is 0 Å². The molecule has 60 valence electrons. The molecular formula is CH18Na2O6. The van der Waals surface area contributed by atoms with E-state index in [0.717, 1.165) is 0 Å². The summed E-state index contributed by atoms with van der Waals surface area (Å²) in [5.41, 5.74) is 0. The SMILES string of the molecule is C.O.O.O.O.O.O.[H-].[H-].[Na+].[Na+]. The quantitative estimate of drug-likeness (QED) is 0.314. The topological polar surface area (TPSA) is 189 Å². The van der Waals surface area contributed by atoms with Gasteiger partial charge in [0.2, 0.25) is 0 Å². The minimum atomic E-state index is 0. The normalized spacial score (nSPS) is 0. The molecule has 0 unspecified atom stereocenters. The Hall–Kier alpha value is 1.76. The van der Waals surface area contributed by atoms with Gasteiger partial charge in [0.1, 0.15) is 0 Å². The van der Waals surface area contributed by atoms with Crippen molar-refractivity contribution in [3.05, 3.63) is 0 Å². The van der Waals surface area contributed by atoms with Gasteiger partial charge in [-0.2, -0.15) is 0 Å². The Morgan fingerprint density at radius 3 is 0.444 bits per heavy atom. The average Bonchev–Trinajstić information content (AvgIpc) is 0. The summed E-state index contributed by atoms with van der Waals surface area (Å²) in [6.45, 7) is 0. The molecule has 9 heavy (non-hydrogen) atoms. The first-order chi connectivity index (χ1) is 0. The molecule has 0 aromatic rings. The van der Waals surface area contributed by atoms with Gasteiger partial charge in [-0.1, -0.05) is 7.43 Å². The second kappa shape index (κ2) is 242. The molecule has 0 amide bonds. The second-order valence-corrected chi connectivity index (χ2v) is 0. The molecule has 0 aliphatic carbocycles. The minimum Gasteiger partial charge on any atom is -1.00 e. The van der Waals surface area contributed by atoms with Crippen LogP contribution in [0.15, 0.2) is 0 Å². The first-order valence-corrected chi connectivity index (χ1v) is 0. The van der Waals surface area contributed by atoms with Gasteiger partial charge in [0.15, 0.2) is 0 Å². The van der Waals surface area contributed by atoms with E-state index in [0.29, 0.717) is 0 Å². The van der Waals surface area contributed by atoms with Crippen molar-refractivity contribution < 1.29 is 94.8 Å². The summed E-state index contributed by atoms with van der Waals surface area (Å²) in [5.74, 6) is 0. The van der Waals surface area contributed by atoms with E-state index >= 15 is 0 Å². The molecule has 0 bridgehead atoms. The number of hydrogen-bond donors (Lipinski definition) is 0. The van der Waals surface area contributed by atoms with Crippen LogP contribution in [0.3, 0.4) is 0 Å². The number of rotatable bonds is 0. The third-order valence-electron chi connectivity index (χ3n) is 0. The van der Waals surface area contributed by atoms with Crippen molar-refractivity contribution >= 4 is 0 Å². The smallest absolute Gasteiger partial charge is 1.00 e. The van der Waals surface area contributed by atoms with Gasteiger partial charge in [-0.15, -0.1) is 0 Å². The Morgan fingerprint density at radius 2 is 0.444 bits per heavy atom. The van der Waals surface area contributed by atoms with E-state index in [9.17, 15) is 0 Å². The van der Waals surface area contributed by atoms with Crippen LogP contribution >= 0.6 is 0 Å². The van der Waals surface area contributed by atoms with Gasteiger partial charge in [-0.25, -0.2) is 0 Å². The zero-order chi connectivity index (χ0) is 0. The predicted molar refractivity (Wildman–Crippen MR) is 30.6 cm³/mol. The zero-order valence-corrected chi connectivity index (χ0v) is 9.00. The van der Waals surface area contributed by atoms with E-state index in [1.165, 1.54) is 0 Å². The van der Waals surface area contributed by atoms with E-state index in [1.807, 2.05) is 0 Å². The fourth-order valence-corrected chi connectivity index (χ4v) is 0. The maximum Gasteiger partial charge on any atom is 1.00 e. The molecule has 12 N–H and O–H groups in total. The van der Waals surface area contributed by atoms with Crippen molar-refractivity contribution in [2.45, 2.75) is 7.43 Å². The molecule has 0 aromatic heterocycles. The van der Waals surface area contributed by atoms with Gasteiger partial charge < -0.3 is 35.7 Å². The molecule has 0 radical (unpaired) electrons. The van der Waals surface area contributed by atoms with Gasteiger partial charge in [0.25, 0.3) is 0 Å². The van der Waals surface area contributed by atoms with Crippen LogP contribution in [0.4, 0.5) is 0 Å². The van der Waals surface area contributed by atoms with Crippen LogP contribution in [0.25, 0.3) is 0 Å². The standard InChI is InChI=1S/CH4.2Na.6H2O.2H/h1H4;;;6*1H2;;/q;2*+1;;;;;;;2*-1. The summed E-state index contributed by atoms with van der Waals surface area (Å²) in [7, 11) is 0. The fraction of sp³-hybridized carbons (Fsp3) is 1.00. The van der Waals surface area contributed by atoms with E-state index < -0.39 is 0 Å². The molecule has 0 saturated carbocycles. The maximum atomic E-state index is 0. The molecule has 0 aliphatic rings. The summed E-state index contributed by atoms with van der Waals surface area (Å²) in [6, 6.07) is 0. The van der Waals surface area contributed by atoms with Gasteiger partial charge in [-0.05, 0) is 0 Å². The van der Waals surface area contributed by atoms with Gasteiger partial charge in [0, 0.05) is 0 Å². The third-order valence-corrected chi connectivity index (χ3v) is 0. The Labute approximate surface area is 101 Å². The van der Waals surface area contributed by atoms with Crippen LogP contribution in [0.5, 0.6) is 0 Å². The maximum absolute atomic E-state index is 0. The molecule has 0 aromatic carbocycles. The first kappa shape index (κ1) is 331. The van der Waals surface area contributed by atoms with E-state index in [-0.39, 0.29) is 102 Å². The van der Waals surface area contributed by atoms with Crippen molar-refractivity contribution in [1.82, 2.24) is 0 Å². The second-order valence-electron chi connectivity index (χ2n) is 0. The predicted octanol–water partition coefficient (Wildman–Crippen LogP) is -10.1. The molecular weight excluding hydrogens is 154 g/mol. The average molecular weight is 172 g/mol. The molecule has 8 heteroatoms. The minimum absolute atomic E-state index is 0. The monoisotopic (exact) mass is 172 g/mol. The molecule has 0 aliphatic heterocycles. The Morgan fingerprint density at radius 1 is 0.444 bits per heavy atom. The van der Waals surface area contributed by atoms with Crippen LogP contribution in [0, 0.1) is 0 Å². The van der Waals surface area contributed by atoms with Crippen molar-refractivity contribution in [1.29, 1.82) is 0 Å². The van der Waals surface area contributed by atoms with Crippen molar-refractivity contribution in [2.24, 2.45) is 0 Å². The first-order valence-electron chi connectivity index (χ1n) is 0. The van der Waals surface area contributed by atoms with Gasteiger partial charge in [0.05, 0.1) is 0 Å². The summed E-state index contributed by atoms with van der Waals surface area (Å²) >= 11 is 0. The molecule has 0 heterocycles.